The highest BCUT2D eigenvalue weighted by Gasteiger charge is 2.50. The van der Waals surface area contributed by atoms with Gasteiger partial charge in [-0.3, -0.25) is 4.57 Å². The third kappa shape index (κ3) is 4.65. The minimum absolute atomic E-state index is 0.00592. The normalized spacial score (nSPS) is 24.4. The van der Waals surface area contributed by atoms with Crippen LogP contribution in [0.5, 0.6) is 0 Å². The summed E-state index contributed by atoms with van der Waals surface area (Å²) in [5.74, 6) is 0.563. The maximum Gasteiger partial charge on any atom is 0.511 e. The minimum atomic E-state index is -1.85. The van der Waals surface area contributed by atoms with Crippen molar-refractivity contribution in [3.8, 4) is 0 Å². The lowest BCUT2D eigenvalue weighted by atomic mass is 9.88. The average Bonchev–Trinajstić information content (AvgIpc) is 3.35. The van der Waals surface area contributed by atoms with Crippen LogP contribution in [-0.2, 0) is 13.8 Å². The van der Waals surface area contributed by atoms with Crippen LogP contribution in [0.25, 0.3) is 11.2 Å². The molecule has 10 nitrogen and oxygen atoms in total. The highest BCUT2D eigenvalue weighted by Crippen LogP contribution is 2.45. The molecular formula is C21H35N5O5P+. The smallest absolute Gasteiger partial charge is 0.388 e. The maximum atomic E-state index is 12.9. The number of nitrogens with one attached hydrogen (secondary N) is 1. The van der Waals surface area contributed by atoms with Crippen LogP contribution >= 0.6 is 8.03 Å². The summed E-state index contributed by atoms with van der Waals surface area (Å²) < 4.78 is 26.7. The van der Waals surface area contributed by atoms with Gasteiger partial charge in [0.15, 0.2) is 23.4 Å². The van der Waals surface area contributed by atoms with Gasteiger partial charge in [0.2, 0.25) is 0 Å². The quantitative estimate of drug-likeness (QED) is 0.425. The van der Waals surface area contributed by atoms with Crippen LogP contribution in [0, 0.1) is 0 Å². The first-order chi connectivity index (χ1) is 15.3. The van der Waals surface area contributed by atoms with Gasteiger partial charge in [-0.05, 0) is 30.2 Å². The molecule has 178 valence electrons. The molecule has 1 aliphatic heterocycles. The molecule has 1 saturated heterocycles. The van der Waals surface area contributed by atoms with E-state index in [-0.39, 0.29) is 5.66 Å². The van der Waals surface area contributed by atoms with Crippen molar-refractivity contribution in [3.63, 3.8) is 0 Å². The van der Waals surface area contributed by atoms with Crippen LogP contribution in [0.1, 0.15) is 66.0 Å². The number of hydrogen-bond donors (Lipinski definition) is 3. The largest absolute Gasteiger partial charge is 0.511 e. The van der Waals surface area contributed by atoms with Crippen molar-refractivity contribution in [2.24, 2.45) is 0 Å². The first kappa shape index (κ1) is 24.9. The monoisotopic (exact) mass is 468 g/mol. The maximum absolute atomic E-state index is 12.9. The predicted molar refractivity (Wildman–Crippen MR) is 122 cm³/mol. The van der Waals surface area contributed by atoms with E-state index in [0.717, 1.165) is 12.8 Å². The molecule has 3 heterocycles. The molecule has 1 fully saturated rings. The Morgan fingerprint density at radius 1 is 1.19 bits per heavy atom. The molecule has 0 aromatic carbocycles. The molecule has 2 aromatic heterocycles. The van der Waals surface area contributed by atoms with Crippen LogP contribution in [0.4, 0.5) is 5.82 Å². The molecule has 3 N–H and O–H groups in total. The summed E-state index contributed by atoms with van der Waals surface area (Å²) in [6.45, 7) is 7.98. The second-order valence-electron chi connectivity index (χ2n) is 8.28. The first-order valence-electron chi connectivity index (χ1n) is 11.4. The molecule has 0 amide bonds. The Morgan fingerprint density at radius 3 is 2.47 bits per heavy atom. The average molecular weight is 469 g/mol. The third-order valence-corrected chi connectivity index (χ3v) is 8.49. The third-order valence-electron chi connectivity index (χ3n) is 6.59. The zero-order valence-electron chi connectivity index (χ0n) is 19.4. The summed E-state index contributed by atoms with van der Waals surface area (Å²) in [7, 11) is -0.115. The van der Waals surface area contributed by atoms with Gasteiger partial charge >= 0.3 is 8.03 Å². The van der Waals surface area contributed by atoms with Gasteiger partial charge in [0.1, 0.15) is 29.7 Å². The van der Waals surface area contributed by atoms with E-state index < -0.39 is 38.2 Å². The molecule has 0 aliphatic carbocycles. The Morgan fingerprint density at radius 2 is 1.88 bits per heavy atom. The molecule has 0 radical (unpaired) electrons. The predicted octanol–water partition coefficient (Wildman–Crippen LogP) is 3.38. The fourth-order valence-corrected chi connectivity index (χ4v) is 5.73. The van der Waals surface area contributed by atoms with Crippen LogP contribution < -0.4 is 5.32 Å². The number of imidazole rings is 1. The van der Waals surface area contributed by atoms with E-state index in [4.69, 9.17) is 9.26 Å². The van der Waals surface area contributed by atoms with Gasteiger partial charge in [-0.25, -0.2) is 15.0 Å². The molecule has 3 rings (SSSR count). The van der Waals surface area contributed by atoms with Crippen molar-refractivity contribution in [2.45, 2.75) is 95.6 Å². The number of aliphatic hydroxyl groups excluding tert-OH is 2. The Labute approximate surface area is 189 Å². The lowest BCUT2D eigenvalue weighted by Gasteiger charge is -2.30. The highest BCUT2D eigenvalue weighted by molar-refractivity contribution is 7.40. The molecule has 32 heavy (non-hydrogen) atoms. The van der Waals surface area contributed by atoms with Gasteiger partial charge in [0.25, 0.3) is 0 Å². The standard InChI is InChI=1S/C21H35N5O5P/c1-6-13(7-2)32(29)31-21(8-3,9-4)10-14-16(27)17(28)20(30-14)26-12-25-15-18(22-5)23-11-24-19(15)26/h11-14,16-17,20,27-28H,6-10H2,1-5H3,(H,22,23,24)/q+1/t14?,16-,17-,20+/m1/s1. The number of rotatable bonds is 11. The van der Waals surface area contributed by atoms with Crippen molar-refractivity contribution in [1.82, 2.24) is 19.5 Å². The van der Waals surface area contributed by atoms with Crippen molar-refractivity contribution in [2.75, 3.05) is 12.4 Å². The molecule has 1 aliphatic rings. The van der Waals surface area contributed by atoms with Crippen molar-refractivity contribution in [1.29, 1.82) is 0 Å². The van der Waals surface area contributed by atoms with Crippen molar-refractivity contribution < 1.29 is 24.0 Å². The zero-order chi connectivity index (χ0) is 23.5. The van der Waals surface area contributed by atoms with Crippen LogP contribution in [-0.4, -0.2) is 66.4 Å². The fraction of sp³-hybridized carbons (Fsp3) is 0.762. The molecule has 0 bridgehead atoms. The molecule has 11 heteroatoms. The van der Waals surface area contributed by atoms with E-state index in [1.54, 1.807) is 11.6 Å². The molecule has 0 saturated carbocycles. The van der Waals surface area contributed by atoms with Gasteiger partial charge < -0.3 is 20.3 Å². The number of aliphatic hydroxyl groups is 2. The summed E-state index contributed by atoms with van der Waals surface area (Å²) in [6.07, 6.45) is 2.18. The van der Waals surface area contributed by atoms with E-state index in [9.17, 15) is 14.8 Å². The fourth-order valence-electron chi connectivity index (χ4n) is 4.27. The summed E-state index contributed by atoms with van der Waals surface area (Å²) in [5, 5.41) is 24.6. The second kappa shape index (κ2) is 10.5. The first-order valence-corrected chi connectivity index (χ1v) is 12.6. The summed E-state index contributed by atoms with van der Waals surface area (Å²) >= 11 is 0. The van der Waals surface area contributed by atoms with Crippen molar-refractivity contribution >= 4 is 25.0 Å². The minimum Gasteiger partial charge on any atom is -0.388 e. The Hall–Kier alpha value is -1.71. The van der Waals surface area contributed by atoms with Crippen LogP contribution in [0.3, 0.4) is 0 Å². The van der Waals surface area contributed by atoms with Gasteiger partial charge in [-0.15, -0.1) is 4.52 Å². The molecular weight excluding hydrogens is 433 g/mol. The number of fused-ring (bicyclic) bond motifs is 1. The van der Waals surface area contributed by atoms with Gasteiger partial charge in [0, 0.05) is 13.5 Å². The lowest BCUT2D eigenvalue weighted by Crippen LogP contribution is -2.39. The molecule has 0 spiro atoms. The van der Waals surface area contributed by atoms with E-state index in [2.05, 4.69) is 20.3 Å². The lowest BCUT2D eigenvalue weighted by molar-refractivity contribution is -0.0675. The van der Waals surface area contributed by atoms with E-state index in [0.29, 0.717) is 36.2 Å². The van der Waals surface area contributed by atoms with E-state index in [1.807, 2.05) is 27.7 Å². The van der Waals surface area contributed by atoms with Gasteiger partial charge in [0.05, 0.1) is 12.4 Å². The SMILES string of the molecule is CCC(CC)[P+](=O)OC(CC)(CC)CC1O[C@H](n2cnc3c(NC)ncnc32)[C@H](O)[C@@H]1O. The molecule has 5 atom stereocenters. The number of aromatic nitrogens is 4. The van der Waals surface area contributed by atoms with Crippen LogP contribution in [0.15, 0.2) is 12.7 Å². The van der Waals surface area contributed by atoms with E-state index in [1.165, 1.54) is 12.7 Å². The van der Waals surface area contributed by atoms with Gasteiger partial charge in [-0.2, -0.15) is 0 Å². The van der Waals surface area contributed by atoms with E-state index >= 15 is 0 Å². The molecule has 2 unspecified atom stereocenters. The highest BCUT2D eigenvalue weighted by atomic mass is 31.1. The topological polar surface area (TPSA) is 132 Å². The number of hydrogen-bond acceptors (Lipinski definition) is 9. The second-order valence-corrected chi connectivity index (χ2v) is 9.77. The number of nitrogens with zero attached hydrogens (tertiary/aromatic N) is 4. The summed E-state index contributed by atoms with van der Waals surface area (Å²) in [6, 6.07) is 0. The van der Waals surface area contributed by atoms with Crippen molar-refractivity contribution in [3.05, 3.63) is 12.7 Å². The Balaban J connectivity index is 1.83. The number of ether oxygens (including phenoxy) is 1. The molecule has 2 aromatic rings. The zero-order valence-corrected chi connectivity index (χ0v) is 20.3. The Bertz CT molecular complexity index is 917. The Kier molecular flexibility index (Phi) is 8.16. The summed E-state index contributed by atoms with van der Waals surface area (Å²) in [5.41, 5.74) is 0.320. The van der Waals surface area contributed by atoms with Crippen LogP contribution in [0.2, 0.25) is 0 Å². The summed E-state index contributed by atoms with van der Waals surface area (Å²) in [4.78, 5) is 12.8. The van der Waals surface area contributed by atoms with Gasteiger partial charge in [-0.1, -0.05) is 27.7 Å². The number of anilines is 1.